The Morgan fingerprint density at radius 3 is 2.84 bits per heavy atom. The van der Waals surface area contributed by atoms with Gasteiger partial charge in [0.15, 0.2) is 5.76 Å². The van der Waals surface area contributed by atoms with Crippen LogP contribution in [0.5, 0.6) is 0 Å². The van der Waals surface area contributed by atoms with Crippen molar-refractivity contribution in [3.8, 4) is 0 Å². The first-order valence-corrected chi connectivity index (χ1v) is 8.73. The number of hydrogen-bond acceptors (Lipinski definition) is 4. The Kier molecular flexibility index (Phi) is 3.71. The Labute approximate surface area is 146 Å². The maximum Gasteiger partial charge on any atom is 0.407 e. The lowest BCUT2D eigenvalue weighted by molar-refractivity contribution is 0.0436. The van der Waals surface area contributed by atoms with Crippen molar-refractivity contribution in [1.82, 2.24) is 10.2 Å². The van der Waals surface area contributed by atoms with Crippen LogP contribution in [0.4, 0.5) is 4.79 Å². The minimum atomic E-state index is -0.466. The highest BCUT2D eigenvalue weighted by atomic mass is 16.6. The number of benzene rings is 1. The van der Waals surface area contributed by atoms with Gasteiger partial charge < -0.3 is 19.4 Å². The van der Waals surface area contributed by atoms with E-state index in [0.29, 0.717) is 31.8 Å². The van der Waals surface area contributed by atoms with Crippen LogP contribution in [0.2, 0.25) is 0 Å². The van der Waals surface area contributed by atoms with E-state index in [-0.39, 0.29) is 12.0 Å². The van der Waals surface area contributed by atoms with E-state index in [0.717, 1.165) is 34.9 Å². The van der Waals surface area contributed by atoms with E-state index in [9.17, 15) is 9.59 Å². The number of likely N-dealkylation sites (tertiary alicyclic amines) is 1. The van der Waals surface area contributed by atoms with Crippen LogP contribution < -0.4 is 5.32 Å². The fourth-order valence-electron chi connectivity index (χ4n) is 3.83. The maximum absolute atomic E-state index is 13.0. The van der Waals surface area contributed by atoms with Gasteiger partial charge in [0.25, 0.3) is 5.91 Å². The number of rotatable bonds is 1. The molecule has 1 spiro atoms. The van der Waals surface area contributed by atoms with Gasteiger partial charge in [-0.3, -0.25) is 4.79 Å². The summed E-state index contributed by atoms with van der Waals surface area (Å²) in [5.74, 6) is 0.332. The molecule has 1 atom stereocenters. The molecule has 2 aliphatic rings. The van der Waals surface area contributed by atoms with Gasteiger partial charge in [-0.15, -0.1) is 0 Å². The quantitative estimate of drug-likeness (QED) is 0.864. The second-order valence-corrected chi connectivity index (χ2v) is 7.13. The topological polar surface area (TPSA) is 71.8 Å². The minimum Gasteiger partial charge on any atom is -0.451 e. The third-order valence-corrected chi connectivity index (χ3v) is 5.34. The number of aryl methyl sites for hydroxylation is 2. The number of nitrogens with one attached hydrogen (secondary N) is 1. The summed E-state index contributed by atoms with van der Waals surface area (Å²) in [7, 11) is 0. The molecule has 0 aliphatic carbocycles. The Hall–Kier alpha value is -2.50. The molecular formula is C19H22N2O4. The summed E-state index contributed by atoms with van der Waals surface area (Å²) in [6.07, 6.45) is 1.87. The fourth-order valence-corrected chi connectivity index (χ4v) is 3.83. The molecule has 3 heterocycles. The number of fused-ring (bicyclic) bond motifs is 1. The average Bonchev–Trinajstić information content (AvgIpc) is 3.02. The van der Waals surface area contributed by atoms with Crippen LogP contribution in [0.15, 0.2) is 22.6 Å². The predicted octanol–water partition coefficient (Wildman–Crippen LogP) is 3.15. The molecular weight excluding hydrogens is 320 g/mol. The highest BCUT2D eigenvalue weighted by molar-refractivity contribution is 5.99. The maximum atomic E-state index is 13.0. The lowest BCUT2D eigenvalue weighted by Crippen LogP contribution is -2.36. The molecule has 2 fully saturated rings. The summed E-state index contributed by atoms with van der Waals surface area (Å²) in [6.45, 7) is 5.66. The number of furan rings is 1. The van der Waals surface area contributed by atoms with E-state index in [2.05, 4.69) is 5.32 Å². The molecule has 1 N–H and O–H groups in total. The van der Waals surface area contributed by atoms with Crippen molar-refractivity contribution in [3.63, 3.8) is 0 Å². The molecule has 2 amide bonds. The monoisotopic (exact) mass is 342 g/mol. The molecule has 1 aromatic heterocycles. The molecule has 1 aromatic carbocycles. The number of nitrogens with zero attached hydrogens (tertiary/aromatic N) is 1. The second-order valence-electron chi connectivity index (χ2n) is 7.13. The van der Waals surface area contributed by atoms with Gasteiger partial charge in [0.05, 0.1) is 6.54 Å². The predicted molar refractivity (Wildman–Crippen MR) is 92.7 cm³/mol. The molecule has 6 nitrogen and oxygen atoms in total. The van der Waals surface area contributed by atoms with Gasteiger partial charge in [-0.05, 0) is 38.3 Å². The number of carbonyl (C=O) groups is 2. The minimum absolute atomic E-state index is 0.0827. The van der Waals surface area contributed by atoms with E-state index < -0.39 is 5.60 Å². The van der Waals surface area contributed by atoms with Gasteiger partial charge in [0, 0.05) is 30.5 Å². The van der Waals surface area contributed by atoms with Gasteiger partial charge in [0.1, 0.15) is 11.2 Å². The van der Waals surface area contributed by atoms with Crippen LogP contribution in [0.1, 0.15) is 40.9 Å². The van der Waals surface area contributed by atoms with Gasteiger partial charge in [-0.2, -0.15) is 0 Å². The molecule has 2 saturated heterocycles. The fraction of sp³-hybridized carbons (Fsp3) is 0.474. The molecule has 0 radical (unpaired) electrons. The molecule has 25 heavy (non-hydrogen) atoms. The summed E-state index contributed by atoms with van der Waals surface area (Å²) < 4.78 is 11.4. The van der Waals surface area contributed by atoms with Crippen molar-refractivity contribution in [3.05, 3.63) is 35.1 Å². The second kappa shape index (κ2) is 5.79. The summed E-state index contributed by atoms with van der Waals surface area (Å²) >= 11 is 0. The van der Waals surface area contributed by atoms with E-state index in [1.165, 1.54) is 0 Å². The third-order valence-electron chi connectivity index (χ3n) is 5.34. The van der Waals surface area contributed by atoms with Crippen molar-refractivity contribution in [2.75, 3.05) is 19.6 Å². The first-order chi connectivity index (χ1) is 12.0. The number of ether oxygens (including phenoxy) is 1. The normalized spacial score (nSPS) is 23.6. The lowest BCUT2D eigenvalue weighted by atomic mass is 9.95. The van der Waals surface area contributed by atoms with Crippen molar-refractivity contribution in [2.24, 2.45) is 0 Å². The first-order valence-electron chi connectivity index (χ1n) is 8.73. The first kappa shape index (κ1) is 16.0. The smallest absolute Gasteiger partial charge is 0.407 e. The zero-order chi connectivity index (χ0) is 17.6. The summed E-state index contributed by atoms with van der Waals surface area (Å²) in [4.78, 5) is 26.2. The molecule has 4 rings (SSSR count). The van der Waals surface area contributed by atoms with Crippen LogP contribution in [0.25, 0.3) is 11.0 Å². The van der Waals surface area contributed by atoms with Crippen LogP contribution in [0.3, 0.4) is 0 Å². The zero-order valence-electron chi connectivity index (χ0n) is 14.6. The highest BCUT2D eigenvalue weighted by Gasteiger charge is 2.42. The van der Waals surface area contributed by atoms with Crippen molar-refractivity contribution in [2.45, 2.75) is 38.7 Å². The third kappa shape index (κ3) is 2.75. The molecule has 2 aliphatic heterocycles. The van der Waals surface area contributed by atoms with Crippen molar-refractivity contribution < 1.29 is 18.7 Å². The summed E-state index contributed by atoms with van der Waals surface area (Å²) in [6, 6.07) is 5.98. The van der Waals surface area contributed by atoms with E-state index in [1.54, 1.807) is 0 Å². The Morgan fingerprint density at radius 2 is 2.08 bits per heavy atom. The van der Waals surface area contributed by atoms with Gasteiger partial charge >= 0.3 is 6.09 Å². The molecule has 132 valence electrons. The van der Waals surface area contributed by atoms with Crippen LogP contribution in [0, 0.1) is 13.8 Å². The van der Waals surface area contributed by atoms with Crippen LogP contribution >= 0.6 is 0 Å². The van der Waals surface area contributed by atoms with E-state index in [4.69, 9.17) is 9.15 Å². The molecule has 0 saturated carbocycles. The van der Waals surface area contributed by atoms with Gasteiger partial charge in [0.2, 0.25) is 0 Å². The van der Waals surface area contributed by atoms with Crippen LogP contribution in [-0.2, 0) is 4.74 Å². The van der Waals surface area contributed by atoms with Gasteiger partial charge in [-0.25, -0.2) is 4.79 Å². The molecule has 2 aromatic rings. The number of hydrogen-bond donors (Lipinski definition) is 1. The largest absolute Gasteiger partial charge is 0.451 e. The molecule has 6 heteroatoms. The Morgan fingerprint density at radius 1 is 1.24 bits per heavy atom. The van der Waals surface area contributed by atoms with Crippen LogP contribution in [-0.4, -0.2) is 42.1 Å². The number of alkyl carbamates (subject to hydrolysis) is 1. The Balaban J connectivity index is 1.57. The SMILES string of the molecule is Cc1ccc2c(C)c(C(=O)N3CCC[C@]4(CC3)CNC(=O)O4)oc2c1. The number of carbonyl (C=O) groups excluding carboxylic acids is 2. The van der Waals surface area contributed by atoms with E-state index in [1.807, 2.05) is 36.9 Å². The summed E-state index contributed by atoms with van der Waals surface area (Å²) in [5, 5.41) is 3.71. The van der Waals surface area contributed by atoms with E-state index >= 15 is 0 Å². The molecule has 0 bridgehead atoms. The standard InChI is InChI=1S/C19H22N2O4/c1-12-4-5-14-13(2)16(24-15(14)10-12)17(22)21-8-3-6-19(7-9-21)11-20-18(23)25-19/h4-5,10H,3,6-9,11H2,1-2H3,(H,20,23)/t19-/m0/s1. The van der Waals surface area contributed by atoms with Crippen molar-refractivity contribution >= 4 is 23.0 Å². The average molecular weight is 342 g/mol. The van der Waals surface area contributed by atoms with Crippen molar-refractivity contribution in [1.29, 1.82) is 0 Å². The van der Waals surface area contributed by atoms with Gasteiger partial charge in [-0.1, -0.05) is 12.1 Å². The highest BCUT2D eigenvalue weighted by Crippen LogP contribution is 2.31. The number of amides is 2. The lowest BCUT2D eigenvalue weighted by Gasteiger charge is -2.24. The molecule has 0 unspecified atom stereocenters. The Bertz CT molecular complexity index is 856. The summed E-state index contributed by atoms with van der Waals surface area (Å²) in [5.41, 5.74) is 2.27. The zero-order valence-corrected chi connectivity index (χ0v) is 14.6.